The molecular formula is C30H39ClN4O3. The lowest BCUT2D eigenvalue weighted by Crippen LogP contribution is -2.73. The fraction of sp³-hybridized carbons (Fsp3) is 0.500. The van der Waals surface area contributed by atoms with Crippen LogP contribution in [-0.4, -0.2) is 52.8 Å². The zero-order valence-corrected chi connectivity index (χ0v) is 23.4. The van der Waals surface area contributed by atoms with E-state index in [1.54, 1.807) is 24.3 Å². The number of carbonyl (C=O) groups is 2. The van der Waals surface area contributed by atoms with E-state index in [1.807, 2.05) is 17.0 Å². The predicted octanol–water partition coefficient (Wildman–Crippen LogP) is 5.28. The molecule has 0 bridgehead atoms. The van der Waals surface area contributed by atoms with Gasteiger partial charge in [-0.3, -0.25) is 14.5 Å². The van der Waals surface area contributed by atoms with E-state index >= 15 is 0 Å². The highest BCUT2D eigenvalue weighted by atomic mass is 35.5. The van der Waals surface area contributed by atoms with Crippen molar-refractivity contribution in [2.24, 2.45) is 5.92 Å². The topological polar surface area (TPSA) is 85.7 Å². The van der Waals surface area contributed by atoms with Gasteiger partial charge in [0.1, 0.15) is 23.1 Å². The van der Waals surface area contributed by atoms with E-state index in [1.165, 1.54) is 5.56 Å². The zero-order valence-electron chi connectivity index (χ0n) is 22.6. The average Bonchev–Trinajstić information content (AvgIpc) is 2.90. The van der Waals surface area contributed by atoms with Crippen LogP contribution in [0.3, 0.4) is 0 Å². The maximum atomic E-state index is 13.4. The van der Waals surface area contributed by atoms with Gasteiger partial charge in [-0.1, -0.05) is 39.3 Å². The van der Waals surface area contributed by atoms with Crippen molar-refractivity contribution in [3.05, 3.63) is 59.7 Å². The van der Waals surface area contributed by atoms with Gasteiger partial charge in [-0.25, -0.2) is 0 Å². The van der Waals surface area contributed by atoms with Crippen molar-refractivity contribution in [3.63, 3.8) is 0 Å². The van der Waals surface area contributed by atoms with E-state index in [-0.39, 0.29) is 24.2 Å². The lowest BCUT2D eigenvalue weighted by Gasteiger charge is -2.52. The number of nitrogens with one attached hydrogen (secondary N) is 1. The Morgan fingerprint density at radius 3 is 2.21 bits per heavy atom. The number of ether oxygens (including phenoxy) is 1. The molecule has 7 nitrogen and oxygen atoms in total. The molecule has 2 fully saturated rings. The van der Waals surface area contributed by atoms with Crippen LogP contribution in [0, 0.1) is 17.2 Å². The summed E-state index contributed by atoms with van der Waals surface area (Å²) in [6.07, 6.45) is 3.90. The Kier molecular flexibility index (Phi) is 10.2. The molecule has 4 rings (SSSR count). The number of hydrogen-bond donors (Lipinski definition) is 1. The number of piperazine rings is 1. The van der Waals surface area contributed by atoms with E-state index in [4.69, 9.17) is 10.00 Å². The quantitative estimate of drug-likeness (QED) is 0.469. The van der Waals surface area contributed by atoms with Gasteiger partial charge >= 0.3 is 0 Å². The summed E-state index contributed by atoms with van der Waals surface area (Å²) in [4.78, 5) is 31.1. The van der Waals surface area contributed by atoms with Gasteiger partial charge in [0, 0.05) is 26.2 Å². The van der Waals surface area contributed by atoms with Crippen LogP contribution in [0.5, 0.6) is 11.5 Å². The number of nitrogens with zero attached hydrogens (tertiary/aromatic N) is 3. The number of unbranched alkanes of at least 4 members (excludes halogenated alkanes) is 1. The number of amides is 2. The maximum absolute atomic E-state index is 13.4. The molecule has 0 aliphatic carbocycles. The molecule has 1 spiro atoms. The molecule has 1 N–H and O–H groups in total. The number of rotatable bonds is 9. The summed E-state index contributed by atoms with van der Waals surface area (Å²) >= 11 is 0. The van der Waals surface area contributed by atoms with Crippen LogP contribution in [-0.2, 0) is 16.1 Å². The molecule has 0 unspecified atom stereocenters. The summed E-state index contributed by atoms with van der Waals surface area (Å²) < 4.78 is 5.89. The second-order valence-electron chi connectivity index (χ2n) is 10.7. The molecule has 2 amide bonds. The van der Waals surface area contributed by atoms with Crippen molar-refractivity contribution in [2.75, 3.05) is 19.6 Å². The number of piperidine rings is 1. The minimum Gasteiger partial charge on any atom is -0.457 e. The number of likely N-dealkylation sites (tertiary alicyclic amines) is 1. The average molecular weight is 539 g/mol. The molecule has 2 saturated heterocycles. The normalized spacial score (nSPS) is 19.1. The van der Waals surface area contributed by atoms with Crippen LogP contribution in [0.2, 0.25) is 0 Å². The smallest absolute Gasteiger partial charge is 0.246 e. The molecular weight excluding hydrogens is 500 g/mol. The summed E-state index contributed by atoms with van der Waals surface area (Å²) in [5.74, 6) is 1.90. The fourth-order valence-electron chi connectivity index (χ4n) is 5.38. The Balaban J connectivity index is 0.00000400. The Labute approximate surface area is 232 Å². The van der Waals surface area contributed by atoms with Gasteiger partial charge in [0.25, 0.3) is 0 Å². The SMILES string of the molecule is CCCCN1C(=O)[C@H](CC(C)C)NC(=O)C12CCN(Cc1ccc(Oc3ccc(C#N)cc3)cc1)CC2.Cl. The monoisotopic (exact) mass is 538 g/mol. The molecule has 0 radical (unpaired) electrons. The highest BCUT2D eigenvalue weighted by Gasteiger charge is 2.53. The van der Waals surface area contributed by atoms with Gasteiger partial charge in [-0.15, -0.1) is 12.4 Å². The standard InChI is InChI=1S/C30H38N4O3.ClH/c1-4-5-16-34-28(35)27(19-22(2)3)32-29(36)30(34)14-17-33(18-15-30)21-24-8-12-26(13-9-24)37-25-10-6-23(20-31)7-11-25;/h6-13,22,27H,4-5,14-19,21H2,1-3H3,(H,32,36);1H/t27-;/m0./s1. The molecule has 2 aliphatic heterocycles. The minimum atomic E-state index is -0.727. The number of carbonyl (C=O) groups excluding carboxylic acids is 2. The van der Waals surface area contributed by atoms with Crippen molar-refractivity contribution < 1.29 is 14.3 Å². The first-order chi connectivity index (χ1) is 17.8. The van der Waals surface area contributed by atoms with Crippen LogP contribution in [0.4, 0.5) is 0 Å². The largest absolute Gasteiger partial charge is 0.457 e. The fourth-order valence-corrected chi connectivity index (χ4v) is 5.38. The Morgan fingerprint density at radius 1 is 1.05 bits per heavy atom. The van der Waals surface area contributed by atoms with E-state index in [2.05, 4.69) is 49.2 Å². The van der Waals surface area contributed by atoms with Gasteiger partial charge in [0.2, 0.25) is 11.8 Å². The Bertz CT molecular complexity index is 1120. The number of hydrogen-bond acceptors (Lipinski definition) is 5. The number of nitriles is 1. The van der Waals surface area contributed by atoms with Crippen LogP contribution in [0.25, 0.3) is 0 Å². The summed E-state index contributed by atoms with van der Waals surface area (Å²) in [6, 6.07) is 16.8. The predicted molar refractivity (Wildman–Crippen MR) is 150 cm³/mol. The van der Waals surface area contributed by atoms with Crippen molar-refractivity contribution >= 4 is 24.2 Å². The highest BCUT2D eigenvalue weighted by Crippen LogP contribution is 2.35. The van der Waals surface area contributed by atoms with Crippen molar-refractivity contribution in [1.82, 2.24) is 15.1 Å². The third-order valence-corrected chi connectivity index (χ3v) is 7.48. The number of benzene rings is 2. The molecule has 2 aromatic carbocycles. The third-order valence-electron chi connectivity index (χ3n) is 7.48. The molecule has 38 heavy (non-hydrogen) atoms. The first kappa shape index (κ1) is 29.5. The van der Waals surface area contributed by atoms with E-state index < -0.39 is 11.6 Å². The Hall–Kier alpha value is -3.08. The van der Waals surface area contributed by atoms with E-state index in [9.17, 15) is 9.59 Å². The second-order valence-corrected chi connectivity index (χ2v) is 10.7. The van der Waals surface area contributed by atoms with Gasteiger partial charge in [-0.05, 0) is 73.6 Å². The molecule has 0 aromatic heterocycles. The molecule has 2 heterocycles. The van der Waals surface area contributed by atoms with Crippen LogP contribution in [0.15, 0.2) is 48.5 Å². The van der Waals surface area contributed by atoms with Gasteiger partial charge in [-0.2, -0.15) is 5.26 Å². The van der Waals surface area contributed by atoms with Crippen molar-refractivity contribution in [1.29, 1.82) is 5.26 Å². The van der Waals surface area contributed by atoms with E-state index in [0.717, 1.165) is 38.2 Å². The summed E-state index contributed by atoms with van der Waals surface area (Å²) in [7, 11) is 0. The van der Waals surface area contributed by atoms with Gasteiger partial charge in [0.05, 0.1) is 11.6 Å². The maximum Gasteiger partial charge on any atom is 0.246 e. The summed E-state index contributed by atoms with van der Waals surface area (Å²) in [5, 5.41) is 12.0. The van der Waals surface area contributed by atoms with Crippen LogP contribution in [0.1, 0.15) is 64.0 Å². The van der Waals surface area contributed by atoms with E-state index in [0.29, 0.717) is 43.0 Å². The highest BCUT2D eigenvalue weighted by molar-refractivity contribution is 6.00. The Morgan fingerprint density at radius 2 is 1.66 bits per heavy atom. The molecule has 2 aliphatic rings. The van der Waals surface area contributed by atoms with Crippen LogP contribution >= 0.6 is 12.4 Å². The summed E-state index contributed by atoms with van der Waals surface area (Å²) in [6.45, 7) is 9.26. The van der Waals surface area contributed by atoms with Crippen LogP contribution < -0.4 is 10.1 Å². The first-order valence-corrected chi connectivity index (χ1v) is 13.5. The number of halogens is 1. The lowest BCUT2D eigenvalue weighted by atomic mass is 9.80. The van der Waals surface area contributed by atoms with Gasteiger partial charge in [0.15, 0.2) is 0 Å². The molecule has 8 heteroatoms. The molecule has 2 aromatic rings. The minimum absolute atomic E-state index is 0. The van der Waals surface area contributed by atoms with Gasteiger partial charge < -0.3 is 15.0 Å². The zero-order chi connectivity index (χ0) is 26.4. The van der Waals surface area contributed by atoms with Crippen molar-refractivity contribution in [2.45, 2.75) is 71.0 Å². The molecule has 1 atom stereocenters. The second kappa shape index (κ2) is 13.1. The first-order valence-electron chi connectivity index (χ1n) is 13.5. The lowest BCUT2D eigenvalue weighted by molar-refractivity contribution is -0.161. The third kappa shape index (κ3) is 6.67. The summed E-state index contributed by atoms with van der Waals surface area (Å²) in [5.41, 5.74) is 1.05. The van der Waals surface area contributed by atoms with Crippen molar-refractivity contribution in [3.8, 4) is 17.6 Å². The molecule has 0 saturated carbocycles. The molecule has 204 valence electrons.